The number of rotatable bonds is 4. The summed E-state index contributed by atoms with van der Waals surface area (Å²) in [5.41, 5.74) is 1.23. The van der Waals surface area contributed by atoms with Crippen LogP contribution in [0.15, 0.2) is 24.3 Å². The fourth-order valence-corrected chi connectivity index (χ4v) is 4.65. The first kappa shape index (κ1) is 24.3. The van der Waals surface area contributed by atoms with Gasteiger partial charge in [-0.2, -0.15) is 13.2 Å². The molecule has 0 bridgehead atoms. The van der Waals surface area contributed by atoms with E-state index in [0.717, 1.165) is 64.3 Å². The number of aliphatic carboxylic acids is 1. The van der Waals surface area contributed by atoms with Crippen LogP contribution in [0.5, 0.6) is 5.75 Å². The number of carbonyl (C=O) groups excluding carboxylic acids is 1. The second-order valence-corrected chi connectivity index (χ2v) is 8.35. The van der Waals surface area contributed by atoms with Crippen molar-refractivity contribution in [1.29, 1.82) is 0 Å². The number of benzene rings is 1. The molecule has 1 aromatic rings. The van der Waals surface area contributed by atoms with Gasteiger partial charge in [-0.15, -0.1) is 0 Å². The highest BCUT2D eigenvalue weighted by Gasteiger charge is 2.45. The number of carbonyl (C=O) groups is 2. The number of alkyl halides is 3. The van der Waals surface area contributed by atoms with E-state index in [1.54, 1.807) is 7.11 Å². The smallest absolute Gasteiger partial charge is 0.490 e. The van der Waals surface area contributed by atoms with E-state index in [1.165, 1.54) is 5.56 Å². The summed E-state index contributed by atoms with van der Waals surface area (Å²) in [6.07, 6.45) is -1.55. The molecule has 0 unspecified atom stereocenters. The van der Waals surface area contributed by atoms with Crippen LogP contribution in [0.1, 0.15) is 24.8 Å². The van der Waals surface area contributed by atoms with Gasteiger partial charge >= 0.3 is 12.1 Å². The summed E-state index contributed by atoms with van der Waals surface area (Å²) in [6, 6.07) is 8.20. The summed E-state index contributed by atoms with van der Waals surface area (Å²) in [5.74, 6) is -1.03. The number of hydrogen-bond acceptors (Lipinski definition) is 5. The number of fused-ring (bicyclic) bond motifs is 1. The normalized spacial score (nSPS) is 25.6. The zero-order valence-electron chi connectivity index (χ0n) is 18.0. The van der Waals surface area contributed by atoms with Gasteiger partial charge in [0, 0.05) is 45.2 Å². The van der Waals surface area contributed by atoms with Crippen LogP contribution in [-0.4, -0.2) is 79.0 Å². The molecule has 0 spiro atoms. The minimum atomic E-state index is -5.08. The van der Waals surface area contributed by atoms with Crippen molar-refractivity contribution in [3.63, 3.8) is 0 Å². The molecule has 4 rings (SSSR count). The van der Waals surface area contributed by atoms with Gasteiger partial charge in [-0.3, -0.25) is 9.69 Å². The number of nitrogens with zero attached hydrogens (tertiary/aromatic N) is 2. The highest BCUT2D eigenvalue weighted by atomic mass is 19.4. The Labute approximate surface area is 185 Å². The van der Waals surface area contributed by atoms with E-state index < -0.39 is 12.1 Å². The van der Waals surface area contributed by atoms with E-state index in [4.69, 9.17) is 19.4 Å². The van der Waals surface area contributed by atoms with Crippen molar-refractivity contribution in [3.05, 3.63) is 29.8 Å². The SMILES string of the molecule is COc1cccc(CN2C[C@H]3OCC[C@H]3[C@H](C(=O)N3CCCC3)C2)c1.O=C(O)C(F)(F)F. The Balaban J connectivity index is 0.000000360. The van der Waals surface area contributed by atoms with E-state index >= 15 is 0 Å². The summed E-state index contributed by atoms with van der Waals surface area (Å²) >= 11 is 0. The summed E-state index contributed by atoms with van der Waals surface area (Å²) < 4.78 is 43.0. The molecule has 0 aliphatic carbocycles. The molecule has 3 fully saturated rings. The average Bonchev–Trinajstić information content (AvgIpc) is 3.44. The van der Waals surface area contributed by atoms with E-state index in [1.807, 2.05) is 12.1 Å². The molecule has 0 saturated carbocycles. The Bertz CT molecular complexity index is 798. The number of halogens is 3. The molecule has 3 atom stereocenters. The highest BCUT2D eigenvalue weighted by molar-refractivity contribution is 5.80. The Morgan fingerprint density at radius 3 is 2.53 bits per heavy atom. The van der Waals surface area contributed by atoms with Gasteiger partial charge in [0.05, 0.1) is 19.1 Å². The second kappa shape index (κ2) is 10.5. The van der Waals surface area contributed by atoms with E-state index in [9.17, 15) is 18.0 Å². The number of methoxy groups -OCH3 is 1. The van der Waals surface area contributed by atoms with Gasteiger partial charge in [0.2, 0.25) is 5.91 Å². The monoisotopic (exact) mass is 458 g/mol. The van der Waals surface area contributed by atoms with Gasteiger partial charge in [0.15, 0.2) is 0 Å². The van der Waals surface area contributed by atoms with Crippen molar-refractivity contribution in [3.8, 4) is 5.75 Å². The minimum absolute atomic E-state index is 0.0879. The fourth-order valence-electron chi connectivity index (χ4n) is 4.65. The predicted molar refractivity (Wildman–Crippen MR) is 109 cm³/mol. The van der Waals surface area contributed by atoms with Gasteiger partial charge in [-0.1, -0.05) is 12.1 Å². The van der Waals surface area contributed by atoms with Crippen molar-refractivity contribution < 1.29 is 37.3 Å². The summed E-state index contributed by atoms with van der Waals surface area (Å²) in [7, 11) is 1.70. The molecule has 1 aromatic carbocycles. The molecule has 7 nitrogen and oxygen atoms in total. The predicted octanol–water partition coefficient (Wildman–Crippen LogP) is 2.79. The second-order valence-electron chi connectivity index (χ2n) is 8.35. The number of carboxylic acids is 1. The van der Waals surface area contributed by atoms with Crippen LogP contribution in [-0.2, 0) is 20.9 Å². The third kappa shape index (κ3) is 6.13. The lowest BCUT2D eigenvalue weighted by molar-refractivity contribution is -0.192. The van der Waals surface area contributed by atoms with Gasteiger partial charge < -0.3 is 19.5 Å². The number of piperidine rings is 1. The van der Waals surface area contributed by atoms with Crippen molar-refractivity contribution in [1.82, 2.24) is 9.80 Å². The Hall–Kier alpha value is -2.33. The van der Waals surface area contributed by atoms with E-state index in [0.29, 0.717) is 11.8 Å². The Morgan fingerprint density at radius 2 is 1.91 bits per heavy atom. The number of amides is 1. The zero-order chi connectivity index (χ0) is 23.3. The van der Waals surface area contributed by atoms with Crippen LogP contribution in [0, 0.1) is 11.8 Å². The molecule has 1 amide bonds. The molecule has 0 aromatic heterocycles. The average molecular weight is 458 g/mol. The quantitative estimate of drug-likeness (QED) is 0.748. The summed E-state index contributed by atoms with van der Waals surface area (Å²) in [4.78, 5) is 26.4. The maximum absolute atomic E-state index is 13.1. The lowest BCUT2D eigenvalue weighted by Crippen LogP contribution is -2.52. The highest BCUT2D eigenvalue weighted by Crippen LogP contribution is 2.36. The van der Waals surface area contributed by atoms with E-state index in [2.05, 4.69) is 21.9 Å². The Kier molecular flexibility index (Phi) is 8.00. The van der Waals surface area contributed by atoms with Gasteiger partial charge in [0.1, 0.15) is 5.75 Å². The molecular weight excluding hydrogens is 429 g/mol. The molecular formula is C22H29F3N2O5. The van der Waals surface area contributed by atoms with Crippen LogP contribution < -0.4 is 4.74 Å². The lowest BCUT2D eigenvalue weighted by Gasteiger charge is -2.40. The minimum Gasteiger partial charge on any atom is -0.497 e. The van der Waals surface area contributed by atoms with Crippen LogP contribution in [0.3, 0.4) is 0 Å². The summed E-state index contributed by atoms with van der Waals surface area (Å²) in [5, 5.41) is 7.12. The number of likely N-dealkylation sites (tertiary alicyclic amines) is 2. The topological polar surface area (TPSA) is 79.3 Å². The van der Waals surface area contributed by atoms with Crippen molar-refractivity contribution in [2.45, 2.75) is 38.1 Å². The zero-order valence-corrected chi connectivity index (χ0v) is 18.0. The molecule has 0 radical (unpaired) electrons. The molecule has 3 heterocycles. The third-order valence-corrected chi connectivity index (χ3v) is 6.19. The lowest BCUT2D eigenvalue weighted by atomic mass is 9.81. The van der Waals surface area contributed by atoms with Gasteiger partial charge in [0.25, 0.3) is 0 Å². The number of ether oxygens (including phenoxy) is 2. The molecule has 32 heavy (non-hydrogen) atoms. The number of carboxylic acid groups (broad SMARTS) is 1. The van der Waals surface area contributed by atoms with Crippen LogP contribution >= 0.6 is 0 Å². The number of hydrogen-bond donors (Lipinski definition) is 1. The first-order valence-electron chi connectivity index (χ1n) is 10.7. The van der Waals surface area contributed by atoms with Crippen LogP contribution in [0.25, 0.3) is 0 Å². The van der Waals surface area contributed by atoms with Crippen LogP contribution in [0.4, 0.5) is 13.2 Å². The van der Waals surface area contributed by atoms with Gasteiger partial charge in [-0.25, -0.2) is 4.79 Å². The standard InChI is InChI=1S/C20H28N2O3.C2HF3O2/c1-24-16-6-4-5-15(11-16)12-21-13-18(17-7-10-25-19(17)14-21)20(23)22-8-2-3-9-22;3-2(4,5)1(6)7/h4-6,11,17-19H,2-3,7-10,12-14H2,1H3;(H,6,7)/t17-,18+,19+;/m0./s1. The van der Waals surface area contributed by atoms with E-state index in [-0.39, 0.29) is 12.0 Å². The molecule has 3 saturated heterocycles. The fraction of sp³-hybridized carbons (Fsp3) is 0.636. The van der Waals surface area contributed by atoms with Crippen LogP contribution in [0.2, 0.25) is 0 Å². The largest absolute Gasteiger partial charge is 0.497 e. The Morgan fingerprint density at radius 1 is 1.22 bits per heavy atom. The maximum Gasteiger partial charge on any atom is 0.490 e. The molecule has 178 valence electrons. The first-order valence-corrected chi connectivity index (χ1v) is 10.7. The van der Waals surface area contributed by atoms with Crippen molar-refractivity contribution in [2.24, 2.45) is 11.8 Å². The maximum atomic E-state index is 13.1. The molecule has 3 aliphatic heterocycles. The third-order valence-electron chi connectivity index (χ3n) is 6.19. The van der Waals surface area contributed by atoms with Crippen molar-refractivity contribution >= 4 is 11.9 Å². The molecule has 1 N–H and O–H groups in total. The molecule has 3 aliphatic rings. The first-order chi connectivity index (χ1) is 15.2. The molecule has 10 heteroatoms. The summed E-state index contributed by atoms with van der Waals surface area (Å²) in [6.45, 7) is 5.27. The van der Waals surface area contributed by atoms with Crippen molar-refractivity contribution in [2.75, 3.05) is 39.9 Å². The van der Waals surface area contributed by atoms with Gasteiger partial charge in [-0.05, 0) is 37.0 Å².